The SMILES string of the molecule is Cn1cc(C(C)(O)CNC2CCCC2Cc2ccccc2)cn1. The molecule has 0 saturated heterocycles. The third-order valence-corrected chi connectivity index (χ3v) is 5.04. The quantitative estimate of drug-likeness (QED) is 0.862. The number of aromatic nitrogens is 2. The summed E-state index contributed by atoms with van der Waals surface area (Å²) in [7, 11) is 1.87. The minimum absolute atomic E-state index is 0.485. The van der Waals surface area contributed by atoms with Crippen molar-refractivity contribution in [3.05, 3.63) is 53.9 Å². The summed E-state index contributed by atoms with van der Waals surface area (Å²) < 4.78 is 1.73. The number of hydrogen-bond acceptors (Lipinski definition) is 3. The van der Waals surface area contributed by atoms with Crippen LogP contribution in [-0.4, -0.2) is 27.5 Å². The van der Waals surface area contributed by atoms with E-state index >= 15 is 0 Å². The predicted octanol–water partition coefficient (Wildman–Crippen LogP) is 2.63. The monoisotopic (exact) mass is 313 g/mol. The van der Waals surface area contributed by atoms with Crippen LogP contribution in [0.3, 0.4) is 0 Å². The van der Waals surface area contributed by atoms with Crippen LogP contribution < -0.4 is 5.32 Å². The zero-order valence-electron chi connectivity index (χ0n) is 14.1. The van der Waals surface area contributed by atoms with E-state index in [4.69, 9.17) is 0 Å². The lowest BCUT2D eigenvalue weighted by Crippen LogP contribution is -2.42. The fourth-order valence-corrected chi connectivity index (χ4v) is 3.60. The van der Waals surface area contributed by atoms with E-state index in [-0.39, 0.29) is 0 Å². The highest BCUT2D eigenvalue weighted by Crippen LogP contribution is 2.30. The molecule has 1 aliphatic carbocycles. The van der Waals surface area contributed by atoms with Crippen LogP contribution in [0.1, 0.15) is 37.3 Å². The van der Waals surface area contributed by atoms with Gasteiger partial charge in [-0.15, -0.1) is 0 Å². The first-order valence-corrected chi connectivity index (χ1v) is 8.53. The van der Waals surface area contributed by atoms with Crippen molar-refractivity contribution in [1.82, 2.24) is 15.1 Å². The fraction of sp³-hybridized carbons (Fsp3) is 0.526. The fourth-order valence-electron chi connectivity index (χ4n) is 3.60. The zero-order chi connectivity index (χ0) is 16.3. The van der Waals surface area contributed by atoms with Gasteiger partial charge in [0.2, 0.25) is 0 Å². The van der Waals surface area contributed by atoms with Crippen LogP contribution in [-0.2, 0) is 19.1 Å². The van der Waals surface area contributed by atoms with Crippen LogP contribution in [0.5, 0.6) is 0 Å². The molecule has 1 saturated carbocycles. The predicted molar refractivity (Wildman–Crippen MR) is 92.1 cm³/mol. The van der Waals surface area contributed by atoms with Gasteiger partial charge >= 0.3 is 0 Å². The van der Waals surface area contributed by atoms with Crippen LogP contribution in [0.4, 0.5) is 0 Å². The Balaban J connectivity index is 1.58. The number of nitrogens with zero attached hydrogens (tertiary/aromatic N) is 2. The van der Waals surface area contributed by atoms with Gasteiger partial charge in [0, 0.05) is 31.4 Å². The molecule has 4 nitrogen and oxygen atoms in total. The largest absolute Gasteiger partial charge is 0.384 e. The molecule has 3 unspecified atom stereocenters. The van der Waals surface area contributed by atoms with Gasteiger partial charge in [0.25, 0.3) is 0 Å². The van der Waals surface area contributed by atoms with Gasteiger partial charge in [-0.25, -0.2) is 0 Å². The van der Waals surface area contributed by atoms with Gasteiger partial charge in [-0.3, -0.25) is 4.68 Å². The zero-order valence-corrected chi connectivity index (χ0v) is 14.1. The van der Waals surface area contributed by atoms with Gasteiger partial charge in [0.05, 0.1) is 6.20 Å². The Bertz CT molecular complexity index is 621. The molecule has 1 aliphatic rings. The first-order valence-electron chi connectivity index (χ1n) is 8.53. The van der Waals surface area contributed by atoms with Crippen LogP contribution in [0.2, 0.25) is 0 Å². The average Bonchev–Trinajstić information content (AvgIpc) is 3.16. The van der Waals surface area contributed by atoms with Crippen molar-refractivity contribution < 1.29 is 5.11 Å². The van der Waals surface area contributed by atoms with Crippen LogP contribution >= 0.6 is 0 Å². The molecule has 0 spiro atoms. The van der Waals surface area contributed by atoms with E-state index in [1.54, 1.807) is 10.9 Å². The summed E-state index contributed by atoms with van der Waals surface area (Å²) in [5, 5.41) is 18.5. The molecule has 4 heteroatoms. The second-order valence-corrected chi connectivity index (χ2v) is 7.04. The third kappa shape index (κ3) is 4.01. The Labute approximate surface area is 138 Å². The van der Waals surface area contributed by atoms with Crippen LogP contribution in [0, 0.1) is 5.92 Å². The normalized spacial score (nSPS) is 23.8. The number of benzene rings is 1. The van der Waals surface area contributed by atoms with Gasteiger partial charge in [-0.2, -0.15) is 5.10 Å². The summed E-state index contributed by atoms with van der Waals surface area (Å²) in [6.45, 7) is 2.42. The van der Waals surface area contributed by atoms with E-state index in [0.717, 1.165) is 12.0 Å². The molecule has 0 radical (unpaired) electrons. The Kier molecular flexibility index (Phi) is 4.83. The van der Waals surface area contributed by atoms with Gasteiger partial charge in [0.1, 0.15) is 5.60 Å². The molecule has 0 aliphatic heterocycles. The molecule has 3 atom stereocenters. The van der Waals surface area contributed by atoms with E-state index in [0.29, 0.717) is 18.5 Å². The van der Waals surface area contributed by atoms with Crippen molar-refractivity contribution in [2.75, 3.05) is 6.54 Å². The molecule has 1 fully saturated rings. The van der Waals surface area contributed by atoms with E-state index in [9.17, 15) is 5.11 Å². The van der Waals surface area contributed by atoms with Crippen molar-refractivity contribution in [2.24, 2.45) is 13.0 Å². The van der Waals surface area contributed by atoms with Gasteiger partial charge in [-0.05, 0) is 37.7 Å². The Morgan fingerprint density at radius 2 is 2.09 bits per heavy atom. The number of aliphatic hydroxyl groups is 1. The molecule has 3 rings (SSSR count). The first-order chi connectivity index (χ1) is 11.0. The van der Waals surface area contributed by atoms with Crippen molar-refractivity contribution in [2.45, 2.75) is 44.2 Å². The molecule has 1 aromatic heterocycles. The lowest BCUT2D eigenvalue weighted by molar-refractivity contribution is 0.0522. The minimum atomic E-state index is -0.881. The molecule has 0 amide bonds. The topological polar surface area (TPSA) is 50.1 Å². The number of hydrogen-bond donors (Lipinski definition) is 2. The van der Waals surface area contributed by atoms with Crippen LogP contribution in [0.25, 0.3) is 0 Å². The molecule has 23 heavy (non-hydrogen) atoms. The van der Waals surface area contributed by atoms with Gasteiger partial charge in [0.15, 0.2) is 0 Å². The maximum atomic E-state index is 10.7. The number of nitrogens with one attached hydrogen (secondary N) is 1. The molecule has 124 valence electrons. The lowest BCUT2D eigenvalue weighted by atomic mass is 9.93. The highest BCUT2D eigenvalue weighted by molar-refractivity contribution is 5.17. The van der Waals surface area contributed by atoms with Crippen LogP contribution in [0.15, 0.2) is 42.7 Å². The molecule has 0 bridgehead atoms. The second kappa shape index (κ2) is 6.85. The molecular formula is C19H27N3O. The van der Waals surface area contributed by atoms with E-state index < -0.39 is 5.60 Å². The standard InChI is InChI=1S/C19H27N3O/c1-19(23,17-12-21-22(2)13-17)14-20-18-10-6-9-16(18)11-15-7-4-3-5-8-15/h3-5,7-8,12-13,16,18,20,23H,6,9-11,14H2,1-2H3. The highest BCUT2D eigenvalue weighted by atomic mass is 16.3. The highest BCUT2D eigenvalue weighted by Gasteiger charge is 2.31. The molecule has 2 N–H and O–H groups in total. The second-order valence-electron chi connectivity index (χ2n) is 7.04. The van der Waals surface area contributed by atoms with Crippen molar-refractivity contribution in [3.8, 4) is 0 Å². The summed E-state index contributed by atoms with van der Waals surface area (Å²) in [6.07, 6.45) is 8.48. The maximum Gasteiger partial charge on any atom is 0.102 e. The Morgan fingerprint density at radius 3 is 2.78 bits per heavy atom. The molecule has 1 heterocycles. The van der Waals surface area contributed by atoms with Crippen molar-refractivity contribution >= 4 is 0 Å². The van der Waals surface area contributed by atoms with E-state index in [2.05, 4.69) is 40.7 Å². The summed E-state index contributed by atoms with van der Waals surface area (Å²) in [4.78, 5) is 0. The summed E-state index contributed by atoms with van der Waals surface area (Å²) in [6, 6.07) is 11.2. The minimum Gasteiger partial charge on any atom is -0.384 e. The van der Waals surface area contributed by atoms with E-state index in [1.807, 2.05) is 20.2 Å². The lowest BCUT2D eigenvalue weighted by Gasteiger charge is -2.28. The Hall–Kier alpha value is -1.65. The van der Waals surface area contributed by atoms with Gasteiger partial charge in [-0.1, -0.05) is 36.8 Å². The summed E-state index contributed by atoms with van der Waals surface area (Å²) >= 11 is 0. The van der Waals surface area contributed by atoms with Crippen molar-refractivity contribution in [3.63, 3.8) is 0 Å². The van der Waals surface area contributed by atoms with Gasteiger partial charge < -0.3 is 10.4 Å². The Morgan fingerprint density at radius 1 is 1.30 bits per heavy atom. The summed E-state index contributed by atoms with van der Waals surface area (Å²) in [5.41, 5.74) is 1.39. The average molecular weight is 313 g/mol. The van der Waals surface area contributed by atoms with Crippen molar-refractivity contribution in [1.29, 1.82) is 0 Å². The first kappa shape index (κ1) is 16.2. The molecule has 2 aromatic rings. The number of aryl methyl sites for hydroxylation is 1. The smallest absolute Gasteiger partial charge is 0.102 e. The number of rotatable bonds is 6. The molecule has 1 aromatic carbocycles. The molecular weight excluding hydrogens is 286 g/mol. The van der Waals surface area contributed by atoms with E-state index in [1.165, 1.54) is 24.8 Å². The maximum absolute atomic E-state index is 10.7. The summed E-state index contributed by atoms with van der Waals surface area (Å²) in [5.74, 6) is 0.655. The third-order valence-electron chi connectivity index (χ3n) is 5.04.